The number of carbonyl (C=O) groups is 1. The Labute approximate surface area is 130 Å². The lowest BCUT2D eigenvalue weighted by molar-refractivity contribution is -0.148. The van der Waals surface area contributed by atoms with Crippen LogP contribution in [0.15, 0.2) is 0 Å². The zero-order valence-corrected chi connectivity index (χ0v) is 14.6. The van der Waals surface area contributed by atoms with Gasteiger partial charge in [0.05, 0.1) is 7.11 Å². The van der Waals surface area contributed by atoms with E-state index in [4.69, 9.17) is 4.74 Å². The van der Waals surface area contributed by atoms with Crippen molar-refractivity contribution in [2.45, 2.75) is 71.4 Å². The second kappa shape index (κ2) is 8.74. The van der Waals surface area contributed by atoms with E-state index < -0.39 is 5.54 Å². The van der Waals surface area contributed by atoms with Crippen LogP contribution < -0.4 is 5.32 Å². The molecule has 1 fully saturated rings. The molecule has 0 spiro atoms. The summed E-state index contributed by atoms with van der Waals surface area (Å²) in [4.78, 5) is 14.5. The second-order valence-corrected chi connectivity index (χ2v) is 6.84. The maximum Gasteiger partial charge on any atom is 0.325 e. The molecule has 1 heterocycles. The number of likely N-dealkylation sites (N-methyl/N-ethyl adjacent to an activating group) is 1. The standard InChI is InChI=1S/C17H34N2O2/c1-6-18-17(4,16(20)21-5)11-7-8-12-19-13-14(2)9-10-15(19)3/h14-15,18H,6-13H2,1-5H3. The molecule has 1 aliphatic rings. The molecule has 0 bridgehead atoms. The summed E-state index contributed by atoms with van der Waals surface area (Å²) in [5.74, 6) is 0.674. The SMILES string of the molecule is CCNC(C)(CCCCN1CC(C)CCC1C)C(=O)OC. The first-order chi connectivity index (χ1) is 9.92. The smallest absolute Gasteiger partial charge is 0.325 e. The van der Waals surface area contributed by atoms with E-state index in [0.29, 0.717) is 6.04 Å². The van der Waals surface area contributed by atoms with E-state index in [9.17, 15) is 4.79 Å². The largest absolute Gasteiger partial charge is 0.468 e. The second-order valence-electron chi connectivity index (χ2n) is 6.84. The number of rotatable bonds is 8. The van der Waals surface area contributed by atoms with E-state index in [-0.39, 0.29) is 5.97 Å². The quantitative estimate of drug-likeness (QED) is 0.553. The minimum absolute atomic E-state index is 0.149. The fourth-order valence-electron chi connectivity index (χ4n) is 3.36. The van der Waals surface area contributed by atoms with Gasteiger partial charge < -0.3 is 15.0 Å². The van der Waals surface area contributed by atoms with Crippen molar-refractivity contribution in [1.82, 2.24) is 10.2 Å². The molecule has 0 amide bonds. The highest BCUT2D eigenvalue weighted by Gasteiger charge is 2.32. The first-order valence-corrected chi connectivity index (χ1v) is 8.50. The molecule has 21 heavy (non-hydrogen) atoms. The number of esters is 1. The molecule has 1 aliphatic heterocycles. The van der Waals surface area contributed by atoms with Crippen LogP contribution in [0.1, 0.15) is 59.8 Å². The van der Waals surface area contributed by atoms with Crippen LogP contribution >= 0.6 is 0 Å². The Morgan fingerprint density at radius 1 is 1.33 bits per heavy atom. The molecule has 0 aromatic carbocycles. The Kier molecular flexibility index (Phi) is 7.67. The predicted octanol–water partition coefficient (Wildman–Crippen LogP) is 2.82. The number of piperidine rings is 1. The van der Waals surface area contributed by atoms with E-state index in [1.165, 1.54) is 26.5 Å². The van der Waals surface area contributed by atoms with Crippen molar-refractivity contribution in [3.05, 3.63) is 0 Å². The normalized spacial score (nSPS) is 26.3. The van der Waals surface area contributed by atoms with Crippen molar-refractivity contribution >= 4 is 5.97 Å². The average molecular weight is 298 g/mol. The molecule has 3 unspecified atom stereocenters. The van der Waals surface area contributed by atoms with Gasteiger partial charge in [0.2, 0.25) is 0 Å². The molecule has 124 valence electrons. The van der Waals surface area contributed by atoms with Crippen molar-refractivity contribution in [3.63, 3.8) is 0 Å². The summed E-state index contributed by atoms with van der Waals surface area (Å²) in [6.07, 6.45) is 5.72. The molecule has 0 saturated carbocycles. The van der Waals surface area contributed by atoms with Gasteiger partial charge in [-0.3, -0.25) is 4.79 Å². The lowest BCUT2D eigenvalue weighted by Crippen LogP contribution is -2.50. The molecule has 3 atom stereocenters. The van der Waals surface area contributed by atoms with Gasteiger partial charge in [-0.25, -0.2) is 0 Å². The summed E-state index contributed by atoms with van der Waals surface area (Å²) in [5, 5.41) is 3.28. The summed E-state index contributed by atoms with van der Waals surface area (Å²) in [6, 6.07) is 0.710. The Morgan fingerprint density at radius 2 is 2.05 bits per heavy atom. The Hall–Kier alpha value is -0.610. The fraction of sp³-hybridized carbons (Fsp3) is 0.941. The number of methoxy groups -OCH3 is 1. The van der Waals surface area contributed by atoms with Crippen LogP contribution in [0.4, 0.5) is 0 Å². The highest BCUT2D eigenvalue weighted by Crippen LogP contribution is 2.22. The summed E-state index contributed by atoms with van der Waals surface area (Å²) in [5.41, 5.74) is -0.537. The van der Waals surface area contributed by atoms with Gasteiger partial charge in [-0.1, -0.05) is 13.8 Å². The molecule has 0 aromatic heterocycles. The lowest BCUT2D eigenvalue weighted by Gasteiger charge is -2.37. The zero-order valence-electron chi connectivity index (χ0n) is 14.6. The molecular formula is C17H34N2O2. The van der Waals surface area contributed by atoms with Crippen LogP contribution in [0.2, 0.25) is 0 Å². The van der Waals surface area contributed by atoms with E-state index in [2.05, 4.69) is 24.1 Å². The third kappa shape index (κ3) is 5.59. The maximum atomic E-state index is 11.9. The van der Waals surface area contributed by atoms with Gasteiger partial charge >= 0.3 is 5.97 Å². The molecular weight excluding hydrogens is 264 g/mol. The van der Waals surface area contributed by atoms with E-state index >= 15 is 0 Å². The average Bonchev–Trinajstić information content (AvgIpc) is 2.46. The fourth-order valence-corrected chi connectivity index (χ4v) is 3.36. The summed E-state index contributed by atoms with van der Waals surface area (Å²) in [7, 11) is 1.47. The van der Waals surface area contributed by atoms with Crippen LogP contribution in [-0.4, -0.2) is 49.2 Å². The number of carbonyl (C=O) groups excluding carboxylic acids is 1. The highest BCUT2D eigenvalue weighted by molar-refractivity contribution is 5.80. The molecule has 0 aliphatic carbocycles. The van der Waals surface area contributed by atoms with E-state index in [1.54, 1.807) is 0 Å². The zero-order chi connectivity index (χ0) is 15.9. The molecule has 0 aromatic rings. The first kappa shape index (κ1) is 18.4. The molecule has 4 nitrogen and oxygen atoms in total. The highest BCUT2D eigenvalue weighted by atomic mass is 16.5. The van der Waals surface area contributed by atoms with Gasteiger partial charge in [0.15, 0.2) is 0 Å². The Morgan fingerprint density at radius 3 is 2.67 bits per heavy atom. The van der Waals surface area contributed by atoms with Crippen molar-refractivity contribution in [1.29, 1.82) is 0 Å². The Balaban J connectivity index is 2.35. The van der Waals surface area contributed by atoms with Gasteiger partial charge in [-0.2, -0.15) is 0 Å². The third-order valence-corrected chi connectivity index (χ3v) is 4.82. The van der Waals surface area contributed by atoms with Crippen LogP contribution in [0.3, 0.4) is 0 Å². The van der Waals surface area contributed by atoms with Crippen LogP contribution in [0, 0.1) is 5.92 Å². The predicted molar refractivity (Wildman–Crippen MR) is 87.4 cm³/mol. The molecule has 1 N–H and O–H groups in total. The molecule has 1 rings (SSSR count). The number of nitrogens with zero attached hydrogens (tertiary/aromatic N) is 1. The molecule has 4 heteroatoms. The van der Waals surface area contributed by atoms with Gasteiger partial charge in [0.25, 0.3) is 0 Å². The Bertz CT molecular complexity index is 322. The van der Waals surface area contributed by atoms with Crippen molar-refractivity contribution in [3.8, 4) is 0 Å². The van der Waals surface area contributed by atoms with Crippen LogP contribution in [0.5, 0.6) is 0 Å². The minimum Gasteiger partial charge on any atom is -0.468 e. The maximum absolute atomic E-state index is 11.9. The van der Waals surface area contributed by atoms with Gasteiger partial charge in [-0.15, -0.1) is 0 Å². The number of unbranched alkanes of at least 4 members (excludes halogenated alkanes) is 1. The van der Waals surface area contributed by atoms with E-state index in [1.807, 2.05) is 13.8 Å². The summed E-state index contributed by atoms with van der Waals surface area (Å²) < 4.78 is 4.93. The summed E-state index contributed by atoms with van der Waals surface area (Å²) >= 11 is 0. The van der Waals surface area contributed by atoms with Crippen molar-refractivity contribution in [2.24, 2.45) is 5.92 Å². The van der Waals surface area contributed by atoms with Crippen LogP contribution in [0.25, 0.3) is 0 Å². The van der Waals surface area contributed by atoms with Crippen molar-refractivity contribution in [2.75, 3.05) is 26.7 Å². The minimum atomic E-state index is -0.537. The van der Waals surface area contributed by atoms with Crippen molar-refractivity contribution < 1.29 is 9.53 Å². The van der Waals surface area contributed by atoms with E-state index in [0.717, 1.165) is 38.3 Å². The monoisotopic (exact) mass is 298 g/mol. The molecule has 0 radical (unpaired) electrons. The van der Waals surface area contributed by atoms with Gasteiger partial charge in [0, 0.05) is 12.6 Å². The lowest BCUT2D eigenvalue weighted by atomic mass is 9.93. The number of likely N-dealkylation sites (tertiary alicyclic amines) is 1. The van der Waals surface area contributed by atoms with Crippen LogP contribution in [-0.2, 0) is 9.53 Å². The summed E-state index contributed by atoms with van der Waals surface area (Å²) in [6.45, 7) is 11.8. The van der Waals surface area contributed by atoms with Gasteiger partial charge in [-0.05, 0) is 65.0 Å². The number of nitrogens with one attached hydrogen (secondary N) is 1. The molecule has 1 saturated heterocycles. The third-order valence-electron chi connectivity index (χ3n) is 4.82. The van der Waals surface area contributed by atoms with Gasteiger partial charge in [0.1, 0.15) is 5.54 Å². The number of hydrogen-bond donors (Lipinski definition) is 1. The number of hydrogen-bond acceptors (Lipinski definition) is 4. The number of ether oxygens (including phenoxy) is 1. The first-order valence-electron chi connectivity index (χ1n) is 8.50. The topological polar surface area (TPSA) is 41.6 Å².